The molecule has 4 rings (SSSR count). The molecule has 0 radical (unpaired) electrons. The van der Waals surface area contributed by atoms with E-state index in [-0.39, 0.29) is 36.2 Å². The highest BCUT2D eigenvalue weighted by Gasteiger charge is 2.39. The third-order valence-electron chi connectivity index (χ3n) is 7.21. The fourth-order valence-corrected chi connectivity index (χ4v) is 5.19. The van der Waals surface area contributed by atoms with Crippen molar-refractivity contribution < 1.29 is 14.3 Å². The summed E-state index contributed by atoms with van der Waals surface area (Å²) in [4.78, 5) is 26.4. The summed E-state index contributed by atoms with van der Waals surface area (Å²) in [5, 5.41) is 14.4. The molecule has 9 heteroatoms. The van der Waals surface area contributed by atoms with E-state index in [1.807, 2.05) is 6.92 Å². The minimum absolute atomic E-state index is 0.00944. The standard InChI is InChI=1S/C21H38N6O3/c1-2-30-20(29)14-7-9-27(10-8-14)21-24-12-16(18(22)28)19(26-21)25-15-5-6-17(23-11-15)13-3-4-13/h13-17,19,21,23-26H,2-12H2,1H3,(H2,22,28). The number of likely N-dealkylation sites (tertiary alicyclic amines) is 1. The van der Waals surface area contributed by atoms with Crippen molar-refractivity contribution in [1.29, 1.82) is 0 Å². The van der Waals surface area contributed by atoms with Crippen molar-refractivity contribution in [3.8, 4) is 0 Å². The van der Waals surface area contributed by atoms with E-state index in [0.29, 0.717) is 25.2 Å². The highest BCUT2D eigenvalue weighted by molar-refractivity contribution is 5.77. The van der Waals surface area contributed by atoms with Crippen molar-refractivity contribution in [2.24, 2.45) is 23.5 Å². The van der Waals surface area contributed by atoms with Crippen LogP contribution in [0.15, 0.2) is 0 Å². The lowest BCUT2D eigenvalue weighted by Gasteiger charge is -2.45. The van der Waals surface area contributed by atoms with E-state index in [1.54, 1.807) is 0 Å². The minimum atomic E-state index is -0.292. The number of nitrogens with zero attached hydrogens (tertiary/aromatic N) is 1. The van der Waals surface area contributed by atoms with Gasteiger partial charge in [0.15, 0.2) is 0 Å². The Bertz CT molecular complexity index is 600. The number of piperidine rings is 2. The summed E-state index contributed by atoms with van der Waals surface area (Å²) in [5.74, 6) is 0.212. The van der Waals surface area contributed by atoms with Crippen LogP contribution in [-0.2, 0) is 14.3 Å². The highest BCUT2D eigenvalue weighted by atomic mass is 16.5. The Morgan fingerprint density at radius 3 is 2.43 bits per heavy atom. The van der Waals surface area contributed by atoms with Gasteiger partial charge in [-0.25, -0.2) is 0 Å². The van der Waals surface area contributed by atoms with E-state index in [4.69, 9.17) is 10.5 Å². The van der Waals surface area contributed by atoms with E-state index in [0.717, 1.165) is 44.8 Å². The van der Waals surface area contributed by atoms with Crippen LogP contribution in [0.3, 0.4) is 0 Å². The van der Waals surface area contributed by atoms with Gasteiger partial charge >= 0.3 is 5.97 Å². The first-order valence-corrected chi connectivity index (χ1v) is 11.7. The van der Waals surface area contributed by atoms with Gasteiger partial charge in [-0.3, -0.25) is 30.4 Å². The van der Waals surface area contributed by atoms with Crippen LogP contribution in [0, 0.1) is 17.8 Å². The zero-order chi connectivity index (χ0) is 21.1. The molecular formula is C21H38N6O3. The molecule has 170 valence electrons. The van der Waals surface area contributed by atoms with Crippen molar-refractivity contribution in [1.82, 2.24) is 26.2 Å². The molecule has 0 aromatic carbocycles. The topological polar surface area (TPSA) is 121 Å². The molecular weight excluding hydrogens is 384 g/mol. The van der Waals surface area contributed by atoms with Gasteiger partial charge in [-0.1, -0.05) is 0 Å². The molecule has 9 nitrogen and oxygen atoms in total. The number of carbonyl (C=O) groups excluding carboxylic acids is 2. The molecule has 1 saturated carbocycles. The van der Waals surface area contributed by atoms with Crippen LogP contribution in [0.2, 0.25) is 0 Å². The van der Waals surface area contributed by atoms with E-state index in [9.17, 15) is 9.59 Å². The average Bonchev–Trinajstić information content (AvgIpc) is 3.60. The Kier molecular flexibility index (Phi) is 7.25. The predicted octanol–water partition coefficient (Wildman–Crippen LogP) is -0.714. The maximum atomic E-state index is 12.0. The van der Waals surface area contributed by atoms with Crippen molar-refractivity contribution in [2.45, 2.75) is 70.0 Å². The Morgan fingerprint density at radius 1 is 1.07 bits per heavy atom. The maximum Gasteiger partial charge on any atom is 0.309 e. The Balaban J connectivity index is 1.29. The minimum Gasteiger partial charge on any atom is -0.466 e. The van der Waals surface area contributed by atoms with Gasteiger partial charge in [0.05, 0.1) is 24.6 Å². The molecule has 3 heterocycles. The SMILES string of the molecule is CCOC(=O)C1CCN(C2NCC(C(N)=O)C(NC3CCC(C4CC4)NC3)N2)CC1. The first-order chi connectivity index (χ1) is 14.5. The number of esters is 1. The summed E-state index contributed by atoms with van der Waals surface area (Å²) < 4.78 is 5.17. The van der Waals surface area contributed by atoms with Crippen molar-refractivity contribution in [2.75, 3.05) is 32.8 Å². The van der Waals surface area contributed by atoms with E-state index < -0.39 is 0 Å². The van der Waals surface area contributed by atoms with Crippen LogP contribution in [0.5, 0.6) is 0 Å². The van der Waals surface area contributed by atoms with Gasteiger partial charge < -0.3 is 15.8 Å². The van der Waals surface area contributed by atoms with Crippen LogP contribution in [-0.4, -0.2) is 74.1 Å². The van der Waals surface area contributed by atoms with Crippen LogP contribution in [0.1, 0.15) is 45.4 Å². The molecule has 5 atom stereocenters. The number of rotatable bonds is 7. The smallest absolute Gasteiger partial charge is 0.309 e. The zero-order valence-corrected chi connectivity index (χ0v) is 18.1. The first-order valence-electron chi connectivity index (χ1n) is 11.7. The highest BCUT2D eigenvalue weighted by Crippen LogP contribution is 2.35. The molecule has 0 aromatic rings. The van der Waals surface area contributed by atoms with Gasteiger partial charge in [0, 0.05) is 38.3 Å². The van der Waals surface area contributed by atoms with Crippen molar-refractivity contribution in [3.05, 3.63) is 0 Å². The van der Waals surface area contributed by atoms with Crippen LogP contribution in [0.4, 0.5) is 0 Å². The largest absolute Gasteiger partial charge is 0.466 e. The van der Waals surface area contributed by atoms with Crippen molar-refractivity contribution >= 4 is 11.9 Å². The lowest BCUT2D eigenvalue weighted by atomic mass is 9.95. The fraction of sp³-hybridized carbons (Fsp3) is 0.905. The van der Waals surface area contributed by atoms with Gasteiger partial charge in [0.1, 0.15) is 6.29 Å². The van der Waals surface area contributed by atoms with Gasteiger partial charge in [-0.2, -0.15) is 0 Å². The second kappa shape index (κ2) is 9.91. The van der Waals surface area contributed by atoms with E-state index in [1.165, 1.54) is 19.3 Å². The van der Waals surface area contributed by atoms with Gasteiger partial charge in [0.25, 0.3) is 0 Å². The second-order valence-electron chi connectivity index (χ2n) is 9.32. The quantitative estimate of drug-likeness (QED) is 0.341. The summed E-state index contributed by atoms with van der Waals surface area (Å²) in [6.07, 6.45) is 6.46. The van der Waals surface area contributed by atoms with Crippen LogP contribution >= 0.6 is 0 Å². The molecule has 3 saturated heterocycles. The normalized spacial score (nSPS) is 36.4. The molecule has 3 aliphatic heterocycles. The van der Waals surface area contributed by atoms with Crippen LogP contribution in [0.25, 0.3) is 0 Å². The van der Waals surface area contributed by atoms with Gasteiger partial charge in [-0.05, 0) is 51.4 Å². The Labute approximate surface area is 179 Å². The van der Waals surface area contributed by atoms with E-state index in [2.05, 4.69) is 26.2 Å². The Morgan fingerprint density at radius 2 is 1.83 bits per heavy atom. The molecule has 1 aliphatic carbocycles. The fourth-order valence-electron chi connectivity index (χ4n) is 5.19. The maximum absolute atomic E-state index is 12.0. The van der Waals surface area contributed by atoms with Crippen LogP contribution < -0.4 is 27.0 Å². The number of nitrogens with two attached hydrogens (primary N) is 1. The summed E-state index contributed by atoms with van der Waals surface area (Å²) in [6.45, 7) is 5.40. The number of ether oxygens (including phenoxy) is 1. The number of amides is 1. The molecule has 4 aliphatic rings. The summed E-state index contributed by atoms with van der Waals surface area (Å²) in [5.41, 5.74) is 5.70. The van der Waals surface area contributed by atoms with Gasteiger partial charge in [-0.15, -0.1) is 0 Å². The molecule has 0 aromatic heterocycles. The van der Waals surface area contributed by atoms with E-state index >= 15 is 0 Å². The number of primary amides is 1. The molecule has 6 N–H and O–H groups in total. The van der Waals surface area contributed by atoms with Crippen molar-refractivity contribution in [3.63, 3.8) is 0 Å². The number of nitrogens with one attached hydrogen (secondary N) is 4. The molecule has 30 heavy (non-hydrogen) atoms. The zero-order valence-electron chi connectivity index (χ0n) is 18.1. The monoisotopic (exact) mass is 422 g/mol. The number of carbonyl (C=O) groups is 2. The van der Waals surface area contributed by atoms with Gasteiger partial charge in [0.2, 0.25) is 5.91 Å². The summed E-state index contributed by atoms with van der Waals surface area (Å²) in [6, 6.07) is 1.01. The summed E-state index contributed by atoms with van der Waals surface area (Å²) in [7, 11) is 0. The third-order valence-corrected chi connectivity index (χ3v) is 7.21. The predicted molar refractivity (Wildman–Crippen MR) is 113 cm³/mol. The number of hydrogen-bond acceptors (Lipinski definition) is 8. The first kappa shape index (κ1) is 22.0. The molecule has 0 bridgehead atoms. The molecule has 0 spiro atoms. The molecule has 1 amide bonds. The number of hydrogen-bond donors (Lipinski definition) is 5. The second-order valence-corrected chi connectivity index (χ2v) is 9.32. The summed E-state index contributed by atoms with van der Waals surface area (Å²) >= 11 is 0. The molecule has 4 fully saturated rings. The lowest BCUT2D eigenvalue weighted by Crippen LogP contribution is -2.72. The molecule has 5 unspecified atom stereocenters. The lowest BCUT2D eigenvalue weighted by molar-refractivity contribution is -0.150. The average molecular weight is 423 g/mol. The Hall–Kier alpha value is -1.26. The third kappa shape index (κ3) is 5.31.